The number of benzene rings is 1. The minimum Gasteiger partial charge on any atom is -0.397 e. The van der Waals surface area contributed by atoms with Crippen LogP contribution < -0.4 is 10.6 Å². The fraction of sp³-hybridized carbons (Fsp3) is 0.571. The van der Waals surface area contributed by atoms with Crippen molar-refractivity contribution >= 4 is 11.4 Å². The van der Waals surface area contributed by atoms with E-state index in [4.69, 9.17) is 5.73 Å². The van der Waals surface area contributed by atoms with Crippen molar-refractivity contribution in [3.8, 4) is 0 Å². The van der Waals surface area contributed by atoms with Crippen LogP contribution in [0.4, 0.5) is 11.4 Å². The van der Waals surface area contributed by atoms with E-state index in [1.54, 1.807) is 0 Å². The lowest BCUT2D eigenvalue weighted by Gasteiger charge is -2.26. The fourth-order valence-corrected chi connectivity index (χ4v) is 2.15. The summed E-state index contributed by atoms with van der Waals surface area (Å²) >= 11 is 0. The van der Waals surface area contributed by atoms with Crippen LogP contribution in [0.25, 0.3) is 0 Å². The van der Waals surface area contributed by atoms with Crippen LogP contribution in [-0.4, -0.2) is 12.6 Å². The molecule has 88 valence electrons. The lowest BCUT2D eigenvalue weighted by molar-refractivity contribution is 0.714. The molecule has 2 nitrogen and oxygen atoms in total. The Bertz CT molecular complexity index is 356. The van der Waals surface area contributed by atoms with E-state index in [0.717, 1.165) is 18.3 Å². The first-order valence-corrected chi connectivity index (χ1v) is 6.35. The Balaban J connectivity index is 2.17. The summed E-state index contributed by atoms with van der Waals surface area (Å²) in [5, 5.41) is 0. The molecule has 0 atom stereocenters. The molecule has 0 amide bonds. The Kier molecular flexibility index (Phi) is 3.37. The van der Waals surface area contributed by atoms with Gasteiger partial charge < -0.3 is 10.6 Å². The zero-order valence-electron chi connectivity index (χ0n) is 10.4. The summed E-state index contributed by atoms with van der Waals surface area (Å²) in [6, 6.07) is 7.17. The molecule has 2 heteroatoms. The highest BCUT2D eigenvalue weighted by molar-refractivity contribution is 5.69. The minimum absolute atomic E-state index is 0.747. The van der Waals surface area contributed by atoms with Crippen molar-refractivity contribution in [1.82, 2.24) is 0 Å². The van der Waals surface area contributed by atoms with Gasteiger partial charge in [0.2, 0.25) is 0 Å². The number of nitrogen functional groups attached to an aromatic ring is 1. The monoisotopic (exact) mass is 218 g/mol. The Morgan fingerprint density at radius 2 is 2.12 bits per heavy atom. The third-order valence-corrected chi connectivity index (χ3v) is 3.23. The molecule has 1 aromatic carbocycles. The normalized spacial score (nSPS) is 15.1. The second kappa shape index (κ2) is 4.77. The standard InChI is InChI=1S/C14H22N2/c1-3-4-9-16(12-6-7-12)14-8-5-11(2)10-13(14)15/h5,8,10,12H,3-4,6-7,9,15H2,1-2H3. The van der Waals surface area contributed by atoms with Crippen LogP contribution in [0.15, 0.2) is 18.2 Å². The van der Waals surface area contributed by atoms with Gasteiger partial charge in [-0.1, -0.05) is 19.4 Å². The van der Waals surface area contributed by atoms with Gasteiger partial charge in [0.05, 0.1) is 11.4 Å². The molecule has 1 saturated carbocycles. The predicted molar refractivity (Wildman–Crippen MR) is 70.9 cm³/mol. The smallest absolute Gasteiger partial charge is 0.0602 e. The molecule has 1 aromatic rings. The van der Waals surface area contributed by atoms with Crippen LogP contribution in [0.3, 0.4) is 0 Å². The van der Waals surface area contributed by atoms with E-state index in [1.807, 2.05) is 0 Å². The van der Waals surface area contributed by atoms with Gasteiger partial charge in [-0.05, 0) is 43.9 Å². The Hall–Kier alpha value is -1.18. The van der Waals surface area contributed by atoms with E-state index in [2.05, 4.69) is 36.9 Å². The maximum Gasteiger partial charge on any atom is 0.0602 e. The zero-order valence-corrected chi connectivity index (χ0v) is 10.4. The molecule has 1 aliphatic carbocycles. The highest BCUT2D eigenvalue weighted by Gasteiger charge is 2.29. The molecule has 0 radical (unpaired) electrons. The molecule has 0 heterocycles. The minimum atomic E-state index is 0.747. The first kappa shape index (κ1) is 11.3. The maximum absolute atomic E-state index is 6.12. The molecule has 0 saturated heterocycles. The van der Waals surface area contributed by atoms with E-state index in [-0.39, 0.29) is 0 Å². The number of hydrogen-bond donors (Lipinski definition) is 1. The second-order valence-electron chi connectivity index (χ2n) is 4.84. The van der Waals surface area contributed by atoms with Crippen LogP contribution in [0.2, 0.25) is 0 Å². The number of nitrogens with zero attached hydrogens (tertiary/aromatic N) is 1. The molecule has 16 heavy (non-hydrogen) atoms. The molecule has 0 unspecified atom stereocenters. The Morgan fingerprint density at radius 1 is 1.38 bits per heavy atom. The third-order valence-electron chi connectivity index (χ3n) is 3.23. The summed E-state index contributed by atoms with van der Waals surface area (Å²) < 4.78 is 0. The predicted octanol–water partition coefficient (Wildman–Crippen LogP) is 3.35. The van der Waals surface area contributed by atoms with E-state index < -0.39 is 0 Å². The number of nitrogens with two attached hydrogens (primary N) is 1. The number of rotatable bonds is 5. The van der Waals surface area contributed by atoms with Crippen LogP contribution in [0, 0.1) is 6.92 Å². The van der Waals surface area contributed by atoms with Gasteiger partial charge in [0.1, 0.15) is 0 Å². The van der Waals surface area contributed by atoms with Crippen molar-refractivity contribution in [2.45, 2.75) is 45.6 Å². The summed E-state index contributed by atoms with van der Waals surface area (Å²) in [4.78, 5) is 2.50. The highest BCUT2D eigenvalue weighted by atomic mass is 15.2. The van der Waals surface area contributed by atoms with Gasteiger partial charge in [0.15, 0.2) is 0 Å². The molecule has 0 aliphatic heterocycles. The van der Waals surface area contributed by atoms with E-state index in [1.165, 1.54) is 36.9 Å². The molecule has 0 aromatic heterocycles. The topological polar surface area (TPSA) is 29.3 Å². The first-order valence-electron chi connectivity index (χ1n) is 6.35. The van der Waals surface area contributed by atoms with Gasteiger partial charge >= 0.3 is 0 Å². The Labute approximate surface area is 98.4 Å². The van der Waals surface area contributed by atoms with Crippen molar-refractivity contribution in [2.75, 3.05) is 17.2 Å². The van der Waals surface area contributed by atoms with E-state index in [0.29, 0.717) is 0 Å². The van der Waals surface area contributed by atoms with Crippen LogP contribution in [0.1, 0.15) is 38.2 Å². The van der Waals surface area contributed by atoms with Gasteiger partial charge in [-0.15, -0.1) is 0 Å². The van der Waals surface area contributed by atoms with Crippen molar-refractivity contribution in [2.24, 2.45) is 0 Å². The summed E-state index contributed by atoms with van der Waals surface area (Å²) in [7, 11) is 0. The van der Waals surface area contributed by atoms with Gasteiger partial charge in [0.25, 0.3) is 0 Å². The van der Waals surface area contributed by atoms with Crippen molar-refractivity contribution < 1.29 is 0 Å². The number of aryl methyl sites for hydroxylation is 1. The first-order chi connectivity index (χ1) is 7.72. The van der Waals surface area contributed by atoms with Crippen LogP contribution >= 0.6 is 0 Å². The number of anilines is 2. The average molecular weight is 218 g/mol. The Morgan fingerprint density at radius 3 is 2.69 bits per heavy atom. The van der Waals surface area contributed by atoms with Crippen LogP contribution in [-0.2, 0) is 0 Å². The summed E-state index contributed by atoms with van der Waals surface area (Å²) in [6.45, 7) is 5.48. The summed E-state index contributed by atoms with van der Waals surface area (Å²) in [5.74, 6) is 0. The molecular weight excluding hydrogens is 196 g/mol. The quantitative estimate of drug-likeness (QED) is 0.768. The van der Waals surface area contributed by atoms with Crippen molar-refractivity contribution in [3.05, 3.63) is 23.8 Å². The van der Waals surface area contributed by atoms with Crippen molar-refractivity contribution in [1.29, 1.82) is 0 Å². The molecular formula is C14H22N2. The third kappa shape index (κ3) is 2.49. The molecule has 2 N–H and O–H groups in total. The second-order valence-corrected chi connectivity index (χ2v) is 4.84. The lowest BCUT2D eigenvalue weighted by Crippen LogP contribution is -2.27. The largest absolute Gasteiger partial charge is 0.397 e. The summed E-state index contributed by atoms with van der Waals surface area (Å²) in [5.41, 5.74) is 9.53. The lowest BCUT2D eigenvalue weighted by atomic mass is 10.1. The van der Waals surface area contributed by atoms with E-state index >= 15 is 0 Å². The molecule has 1 fully saturated rings. The fourth-order valence-electron chi connectivity index (χ4n) is 2.15. The van der Waals surface area contributed by atoms with Gasteiger partial charge in [0, 0.05) is 12.6 Å². The number of hydrogen-bond acceptors (Lipinski definition) is 2. The maximum atomic E-state index is 6.12. The summed E-state index contributed by atoms with van der Waals surface area (Å²) in [6.07, 6.45) is 5.16. The molecule has 0 spiro atoms. The number of unbranched alkanes of at least 4 members (excludes halogenated alkanes) is 1. The molecule has 0 bridgehead atoms. The average Bonchev–Trinajstić information content (AvgIpc) is 3.05. The van der Waals surface area contributed by atoms with Crippen molar-refractivity contribution in [3.63, 3.8) is 0 Å². The van der Waals surface area contributed by atoms with E-state index in [9.17, 15) is 0 Å². The van der Waals surface area contributed by atoms with Gasteiger partial charge in [-0.2, -0.15) is 0 Å². The van der Waals surface area contributed by atoms with Gasteiger partial charge in [-0.3, -0.25) is 0 Å². The van der Waals surface area contributed by atoms with Gasteiger partial charge in [-0.25, -0.2) is 0 Å². The molecule has 1 aliphatic rings. The SMILES string of the molecule is CCCCN(c1ccc(C)cc1N)C1CC1. The molecule has 2 rings (SSSR count). The zero-order chi connectivity index (χ0) is 11.5. The van der Waals surface area contributed by atoms with Crippen LogP contribution in [0.5, 0.6) is 0 Å². The highest BCUT2D eigenvalue weighted by Crippen LogP contribution is 2.35.